The second-order valence-electron chi connectivity index (χ2n) is 4.61. The van der Waals surface area contributed by atoms with Crippen LogP contribution in [-0.2, 0) is 0 Å². The van der Waals surface area contributed by atoms with Crippen LogP contribution in [0.25, 0.3) is 0 Å². The number of pyridine rings is 1. The largest absolute Gasteiger partial charge is 0.360 e. The van der Waals surface area contributed by atoms with E-state index in [1.165, 1.54) is 0 Å². The van der Waals surface area contributed by atoms with Gasteiger partial charge >= 0.3 is 0 Å². The summed E-state index contributed by atoms with van der Waals surface area (Å²) in [6, 6.07) is 4.17. The first-order chi connectivity index (χ1) is 9.01. The number of rotatable bonds is 3. The lowest BCUT2D eigenvalue weighted by Gasteiger charge is -2.14. The number of anilines is 1. The van der Waals surface area contributed by atoms with Gasteiger partial charge in [-0.25, -0.2) is 9.97 Å². The van der Waals surface area contributed by atoms with E-state index in [1.54, 1.807) is 11.3 Å². The number of aromatic nitrogens is 2. The molecule has 0 saturated heterocycles. The Hall–Kier alpha value is -1.93. The van der Waals surface area contributed by atoms with Crippen LogP contribution in [0.4, 0.5) is 5.82 Å². The number of thiazole rings is 1. The van der Waals surface area contributed by atoms with Gasteiger partial charge in [-0.2, -0.15) is 5.26 Å². The first-order valence-electron chi connectivity index (χ1n) is 6.08. The monoisotopic (exact) mass is 272 g/mol. The Kier molecular flexibility index (Phi) is 3.82. The molecule has 2 rings (SSSR count). The molecule has 98 valence electrons. The van der Waals surface area contributed by atoms with Crippen molar-refractivity contribution in [1.82, 2.24) is 9.97 Å². The average molecular weight is 272 g/mol. The molecule has 0 aliphatic heterocycles. The highest BCUT2D eigenvalue weighted by molar-refractivity contribution is 7.09. The van der Waals surface area contributed by atoms with Gasteiger partial charge in [0, 0.05) is 16.8 Å². The quantitative estimate of drug-likeness (QED) is 0.928. The topological polar surface area (TPSA) is 61.6 Å². The molecule has 0 aliphatic carbocycles. The van der Waals surface area contributed by atoms with Crippen molar-refractivity contribution in [3.8, 4) is 6.07 Å². The van der Waals surface area contributed by atoms with Crippen molar-refractivity contribution in [2.24, 2.45) is 0 Å². The molecule has 0 fully saturated rings. The zero-order valence-corrected chi connectivity index (χ0v) is 12.3. The van der Waals surface area contributed by atoms with Gasteiger partial charge in [0.15, 0.2) is 0 Å². The fourth-order valence-corrected chi connectivity index (χ4v) is 2.72. The van der Waals surface area contributed by atoms with Crippen LogP contribution in [0.2, 0.25) is 0 Å². The second kappa shape index (κ2) is 5.37. The summed E-state index contributed by atoms with van der Waals surface area (Å²) < 4.78 is 0. The van der Waals surface area contributed by atoms with Gasteiger partial charge in [-0.3, -0.25) is 0 Å². The summed E-state index contributed by atoms with van der Waals surface area (Å²) in [4.78, 5) is 8.87. The number of nitriles is 1. The van der Waals surface area contributed by atoms with Gasteiger partial charge in [-0.1, -0.05) is 0 Å². The summed E-state index contributed by atoms with van der Waals surface area (Å²) in [6.07, 6.45) is 0. The molecule has 0 bridgehead atoms. The predicted molar refractivity (Wildman–Crippen MR) is 77.3 cm³/mol. The molecular weight excluding hydrogens is 256 g/mol. The molecule has 0 aromatic carbocycles. The molecule has 0 saturated carbocycles. The molecule has 0 aliphatic rings. The molecule has 1 N–H and O–H groups in total. The highest BCUT2D eigenvalue weighted by atomic mass is 32.1. The van der Waals surface area contributed by atoms with Gasteiger partial charge in [0.05, 0.1) is 11.6 Å². The Balaban J connectivity index is 2.31. The van der Waals surface area contributed by atoms with Crippen LogP contribution in [0.1, 0.15) is 40.5 Å². The lowest BCUT2D eigenvalue weighted by atomic mass is 10.1. The van der Waals surface area contributed by atoms with Crippen LogP contribution in [-0.4, -0.2) is 9.97 Å². The average Bonchev–Trinajstić information content (AvgIpc) is 2.75. The highest BCUT2D eigenvalue weighted by Crippen LogP contribution is 2.25. The first-order valence-corrected chi connectivity index (χ1v) is 6.96. The van der Waals surface area contributed by atoms with E-state index in [0.717, 1.165) is 22.0 Å². The van der Waals surface area contributed by atoms with E-state index in [9.17, 15) is 5.26 Å². The number of hydrogen-bond acceptors (Lipinski definition) is 5. The van der Waals surface area contributed by atoms with Gasteiger partial charge in [0.1, 0.15) is 16.9 Å². The molecule has 19 heavy (non-hydrogen) atoms. The minimum Gasteiger partial charge on any atom is -0.360 e. The lowest BCUT2D eigenvalue weighted by molar-refractivity contribution is 0.852. The molecule has 0 amide bonds. The van der Waals surface area contributed by atoms with E-state index in [1.807, 2.05) is 39.1 Å². The minimum atomic E-state index is 0.0412. The number of nitrogens with one attached hydrogen (secondary N) is 1. The lowest BCUT2D eigenvalue weighted by Crippen LogP contribution is -2.10. The van der Waals surface area contributed by atoms with Crippen LogP contribution < -0.4 is 5.32 Å². The van der Waals surface area contributed by atoms with Gasteiger partial charge in [0.25, 0.3) is 0 Å². The van der Waals surface area contributed by atoms with Crippen molar-refractivity contribution in [2.45, 2.75) is 33.7 Å². The van der Waals surface area contributed by atoms with Crippen molar-refractivity contribution in [1.29, 1.82) is 5.26 Å². The Morgan fingerprint density at radius 3 is 2.58 bits per heavy atom. The third-order valence-electron chi connectivity index (χ3n) is 2.82. The molecule has 0 radical (unpaired) electrons. The standard InChI is InChI=1S/C14H16N4S/c1-8-5-9(2)16-13(12(8)6-15)18-11(4)14-17-10(3)7-19-14/h5,7,11H,1-4H3,(H,16,18). The smallest absolute Gasteiger partial charge is 0.145 e. The van der Waals surface area contributed by atoms with E-state index in [-0.39, 0.29) is 6.04 Å². The third-order valence-corrected chi connectivity index (χ3v) is 3.96. The Morgan fingerprint density at radius 2 is 2.00 bits per heavy atom. The fourth-order valence-electron chi connectivity index (χ4n) is 1.92. The predicted octanol–water partition coefficient (Wildman–Crippen LogP) is 3.51. The molecule has 0 spiro atoms. The maximum atomic E-state index is 9.23. The molecule has 1 atom stereocenters. The molecule has 4 nitrogen and oxygen atoms in total. The highest BCUT2D eigenvalue weighted by Gasteiger charge is 2.14. The maximum absolute atomic E-state index is 9.23. The van der Waals surface area contributed by atoms with Crippen molar-refractivity contribution < 1.29 is 0 Å². The van der Waals surface area contributed by atoms with E-state index < -0.39 is 0 Å². The Morgan fingerprint density at radius 1 is 1.26 bits per heavy atom. The number of aryl methyl sites for hydroxylation is 3. The van der Waals surface area contributed by atoms with Crippen molar-refractivity contribution >= 4 is 17.2 Å². The number of hydrogen-bond donors (Lipinski definition) is 1. The molecule has 2 aromatic rings. The maximum Gasteiger partial charge on any atom is 0.145 e. The number of nitrogens with zero attached hydrogens (tertiary/aromatic N) is 3. The van der Waals surface area contributed by atoms with Gasteiger partial charge in [0.2, 0.25) is 0 Å². The first kappa shape index (κ1) is 13.5. The van der Waals surface area contributed by atoms with E-state index in [4.69, 9.17) is 0 Å². The normalized spacial score (nSPS) is 11.9. The molecule has 2 heterocycles. The van der Waals surface area contributed by atoms with Crippen molar-refractivity contribution in [3.05, 3.63) is 39.0 Å². The summed E-state index contributed by atoms with van der Waals surface area (Å²) in [6.45, 7) is 7.86. The molecule has 5 heteroatoms. The summed E-state index contributed by atoms with van der Waals surface area (Å²) in [5.41, 5.74) is 3.47. The van der Waals surface area contributed by atoms with Gasteiger partial charge in [-0.15, -0.1) is 11.3 Å². The second-order valence-corrected chi connectivity index (χ2v) is 5.50. The molecular formula is C14H16N4S. The third kappa shape index (κ3) is 2.91. The zero-order chi connectivity index (χ0) is 14.0. The van der Waals surface area contributed by atoms with Crippen LogP contribution in [0.5, 0.6) is 0 Å². The SMILES string of the molecule is Cc1csc(C(C)Nc2nc(C)cc(C)c2C#N)n1. The van der Waals surface area contributed by atoms with Crippen LogP contribution >= 0.6 is 11.3 Å². The van der Waals surface area contributed by atoms with Crippen LogP contribution in [0.15, 0.2) is 11.4 Å². The summed E-state index contributed by atoms with van der Waals surface area (Å²) in [7, 11) is 0. The summed E-state index contributed by atoms with van der Waals surface area (Å²) in [5, 5.41) is 15.5. The van der Waals surface area contributed by atoms with Crippen LogP contribution in [0.3, 0.4) is 0 Å². The van der Waals surface area contributed by atoms with E-state index in [2.05, 4.69) is 21.4 Å². The molecule has 1 unspecified atom stereocenters. The Bertz CT molecular complexity index is 639. The summed E-state index contributed by atoms with van der Waals surface area (Å²) in [5.74, 6) is 0.639. The minimum absolute atomic E-state index is 0.0412. The zero-order valence-electron chi connectivity index (χ0n) is 11.5. The van der Waals surface area contributed by atoms with E-state index >= 15 is 0 Å². The van der Waals surface area contributed by atoms with Crippen molar-refractivity contribution in [3.63, 3.8) is 0 Å². The summed E-state index contributed by atoms with van der Waals surface area (Å²) >= 11 is 1.61. The molecule has 2 aromatic heterocycles. The van der Waals surface area contributed by atoms with Gasteiger partial charge < -0.3 is 5.32 Å². The van der Waals surface area contributed by atoms with Gasteiger partial charge in [-0.05, 0) is 39.3 Å². The van der Waals surface area contributed by atoms with Crippen LogP contribution in [0, 0.1) is 32.1 Å². The van der Waals surface area contributed by atoms with E-state index in [0.29, 0.717) is 11.4 Å². The van der Waals surface area contributed by atoms with Crippen molar-refractivity contribution in [2.75, 3.05) is 5.32 Å². The fraction of sp³-hybridized carbons (Fsp3) is 0.357. The Labute approximate surface area is 117 Å².